The summed E-state index contributed by atoms with van der Waals surface area (Å²) in [5, 5.41) is 3.39. The molecule has 0 radical (unpaired) electrons. The van der Waals surface area contributed by atoms with Crippen molar-refractivity contribution in [2.45, 2.75) is 32.2 Å². The molecule has 2 heterocycles. The normalized spacial score (nSPS) is 20.9. The van der Waals surface area contributed by atoms with Crippen LogP contribution >= 0.6 is 0 Å². The number of aromatic nitrogens is 1. The summed E-state index contributed by atoms with van der Waals surface area (Å²) in [5.74, 6) is -0.438. The fourth-order valence-electron chi connectivity index (χ4n) is 1.58. The molecule has 0 aliphatic carbocycles. The van der Waals surface area contributed by atoms with Crippen molar-refractivity contribution in [3.8, 4) is 0 Å². The first-order valence-corrected chi connectivity index (χ1v) is 5.56. The molecule has 2 rings (SSSR count). The van der Waals surface area contributed by atoms with Gasteiger partial charge in [-0.3, -0.25) is 4.98 Å². The molecule has 0 atom stereocenters. The van der Waals surface area contributed by atoms with E-state index in [2.05, 4.69) is 16.4 Å². The summed E-state index contributed by atoms with van der Waals surface area (Å²) >= 11 is 0. The predicted molar refractivity (Wildman–Crippen MR) is 60.8 cm³/mol. The van der Waals surface area contributed by atoms with Gasteiger partial charge in [0.1, 0.15) is 0 Å². The lowest BCUT2D eigenvalue weighted by Crippen LogP contribution is -2.48. The zero-order valence-corrected chi connectivity index (χ0v) is 9.77. The largest absolute Gasteiger partial charge is 0.349 e. The molecule has 0 bridgehead atoms. The van der Waals surface area contributed by atoms with Crippen LogP contribution < -0.4 is 5.32 Å². The minimum Gasteiger partial charge on any atom is -0.349 e. The lowest BCUT2D eigenvalue weighted by molar-refractivity contribution is -0.253. The smallest absolute Gasteiger partial charge is 0.162 e. The van der Waals surface area contributed by atoms with E-state index in [4.69, 9.17) is 9.47 Å². The molecule has 0 saturated carbocycles. The zero-order valence-electron chi connectivity index (χ0n) is 9.77. The molecule has 88 valence electrons. The summed E-state index contributed by atoms with van der Waals surface area (Å²) in [7, 11) is 0. The second-order valence-electron chi connectivity index (χ2n) is 4.46. The Morgan fingerprint density at radius 1 is 1.44 bits per heavy atom. The molecule has 0 spiro atoms. The fourth-order valence-corrected chi connectivity index (χ4v) is 1.58. The number of nitrogens with zero attached hydrogens (tertiary/aromatic N) is 1. The predicted octanol–water partition coefficient (Wildman–Crippen LogP) is 1.32. The van der Waals surface area contributed by atoms with Crippen LogP contribution in [-0.4, -0.2) is 30.0 Å². The SMILES string of the molecule is CC1(C)OCC(NCc2cccnc2)CO1. The first-order valence-electron chi connectivity index (χ1n) is 5.56. The van der Waals surface area contributed by atoms with Gasteiger partial charge in [-0.2, -0.15) is 0 Å². The molecule has 0 aromatic carbocycles. The molecule has 4 heteroatoms. The highest BCUT2D eigenvalue weighted by Gasteiger charge is 2.27. The Bertz CT molecular complexity index is 317. The van der Waals surface area contributed by atoms with Crippen molar-refractivity contribution in [3.63, 3.8) is 0 Å². The number of pyridine rings is 1. The van der Waals surface area contributed by atoms with Crippen LogP contribution in [0.2, 0.25) is 0 Å². The number of nitrogens with one attached hydrogen (secondary N) is 1. The molecule has 4 nitrogen and oxygen atoms in total. The molecule has 1 aromatic rings. The molecular weight excluding hydrogens is 204 g/mol. The van der Waals surface area contributed by atoms with E-state index in [-0.39, 0.29) is 6.04 Å². The summed E-state index contributed by atoms with van der Waals surface area (Å²) < 4.78 is 11.1. The Balaban J connectivity index is 1.76. The summed E-state index contributed by atoms with van der Waals surface area (Å²) in [5.41, 5.74) is 1.17. The van der Waals surface area contributed by atoms with E-state index in [9.17, 15) is 0 Å². The van der Waals surface area contributed by atoms with Crippen LogP contribution in [0.1, 0.15) is 19.4 Å². The topological polar surface area (TPSA) is 43.4 Å². The van der Waals surface area contributed by atoms with Crippen LogP contribution in [0.3, 0.4) is 0 Å². The van der Waals surface area contributed by atoms with Crippen molar-refractivity contribution in [2.75, 3.05) is 13.2 Å². The van der Waals surface area contributed by atoms with Crippen molar-refractivity contribution >= 4 is 0 Å². The summed E-state index contributed by atoms with van der Waals surface area (Å²) in [6, 6.07) is 4.25. The maximum atomic E-state index is 5.57. The van der Waals surface area contributed by atoms with Crippen molar-refractivity contribution in [1.82, 2.24) is 10.3 Å². The molecular formula is C12H18N2O2. The van der Waals surface area contributed by atoms with E-state index in [1.54, 1.807) is 6.20 Å². The second kappa shape index (κ2) is 4.91. The van der Waals surface area contributed by atoms with Crippen molar-refractivity contribution in [2.24, 2.45) is 0 Å². The van der Waals surface area contributed by atoms with Gasteiger partial charge in [0.25, 0.3) is 0 Å². The van der Waals surface area contributed by atoms with Gasteiger partial charge >= 0.3 is 0 Å². The minimum atomic E-state index is -0.438. The molecule has 0 unspecified atom stereocenters. The third-order valence-corrected chi connectivity index (χ3v) is 2.58. The highest BCUT2D eigenvalue weighted by molar-refractivity contribution is 5.08. The number of hydrogen-bond donors (Lipinski definition) is 1. The van der Waals surface area contributed by atoms with Crippen LogP contribution in [-0.2, 0) is 16.0 Å². The molecule has 1 N–H and O–H groups in total. The van der Waals surface area contributed by atoms with E-state index in [1.165, 1.54) is 5.56 Å². The Kier molecular flexibility index (Phi) is 3.53. The van der Waals surface area contributed by atoms with E-state index in [1.807, 2.05) is 26.1 Å². The van der Waals surface area contributed by atoms with E-state index >= 15 is 0 Å². The monoisotopic (exact) mass is 222 g/mol. The lowest BCUT2D eigenvalue weighted by Gasteiger charge is -2.35. The van der Waals surface area contributed by atoms with Crippen molar-refractivity contribution in [3.05, 3.63) is 30.1 Å². The number of ether oxygens (including phenoxy) is 2. The summed E-state index contributed by atoms with van der Waals surface area (Å²) in [6.07, 6.45) is 3.64. The first-order chi connectivity index (χ1) is 7.66. The Labute approximate surface area is 96.0 Å². The second-order valence-corrected chi connectivity index (χ2v) is 4.46. The van der Waals surface area contributed by atoms with E-state index in [0.717, 1.165) is 6.54 Å². The summed E-state index contributed by atoms with van der Waals surface area (Å²) in [4.78, 5) is 4.07. The van der Waals surface area contributed by atoms with Gasteiger partial charge < -0.3 is 14.8 Å². The number of hydrogen-bond acceptors (Lipinski definition) is 4. The Hall–Kier alpha value is -0.970. The van der Waals surface area contributed by atoms with E-state index in [0.29, 0.717) is 13.2 Å². The molecule has 1 aliphatic heterocycles. The van der Waals surface area contributed by atoms with E-state index < -0.39 is 5.79 Å². The molecule has 1 aromatic heterocycles. The average Bonchev–Trinajstić information content (AvgIpc) is 2.29. The standard InChI is InChI=1S/C12H18N2O2/c1-12(2)15-8-11(9-16-12)14-7-10-4-3-5-13-6-10/h3-6,11,14H,7-9H2,1-2H3. The molecule has 16 heavy (non-hydrogen) atoms. The van der Waals surface area contributed by atoms with Crippen LogP contribution in [0.4, 0.5) is 0 Å². The zero-order chi connectivity index (χ0) is 11.4. The third-order valence-electron chi connectivity index (χ3n) is 2.58. The Morgan fingerprint density at radius 2 is 2.19 bits per heavy atom. The van der Waals surface area contributed by atoms with Gasteiger partial charge in [-0.05, 0) is 25.5 Å². The van der Waals surface area contributed by atoms with Crippen LogP contribution in [0.5, 0.6) is 0 Å². The quantitative estimate of drug-likeness (QED) is 0.837. The highest BCUT2D eigenvalue weighted by atomic mass is 16.7. The van der Waals surface area contributed by atoms with Crippen molar-refractivity contribution < 1.29 is 9.47 Å². The summed E-state index contributed by atoms with van der Waals surface area (Å²) in [6.45, 7) is 6.04. The molecule has 1 fully saturated rings. The number of rotatable bonds is 3. The van der Waals surface area contributed by atoms with Crippen LogP contribution in [0.15, 0.2) is 24.5 Å². The maximum absolute atomic E-state index is 5.57. The van der Waals surface area contributed by atoms with Gasteiger partial charge in [0.2, 0.25) is 0 Å². The van der Waals surface area contributed by atoms with Gasteiger partial charge in [0.15, 0.2) is 5.79 Å². The van der Waals surface area contributed by atoms with Crippen LogP contribution in [0.25, 0.3) is 0 Å². The highest BCUT2D eigenvalue weighted by Crippen LogP contribution is 2.16. The molecule has 1 saturated heterocycles. The van der Waals surface area contributed by atoms with Gasteiger partial charge in [-0.15, -0.1) is 0 Å². The lowest BCUT2D eigenvalue weighted by atomic mass is 10.2. The average molecular weight is 222 g/mol. The van der Waals surface area contributed by atoms with Gasteiger partial charge in [0, 0.05) is 18.9 Å². The van der Waals surface area contributed by atoms with Gasteiger partial charge in [0.05, 0.1) is 19.3 Å². The third kappa shape index (κ3) is 3.27. The fraction of sp³-hybridized carbons (Fsp3) is 0.583. The Morgan fingerprint density at radius 3 is 2.81 bits per heavy atom. The van der Waals surface area contributed by atoms with Crippen molar-refractivity contribution in [1.29, 1.82) is 0 Å². The molecule has 0 amide bonds. The first kappa shape index (κ1) is 11.5. The van der Waals surface area contributed by atoms with Crippen LogP contribution in [0, 0.1) is 0 Å². The molecule has 1 aliphatic rings. The minimum absolute atomic E-state index is 0.258. The van der Waals surface area contributed by atoms with Gasteiger partial charge in [-0.25, -0.2) is 0 Å². The van der Waals surface area contributed by atoms with Gasteiger partial charge in [-0.1, -0.05) is 6.07 Å². The maximum Gasteiger partial charge on any atom is 0.162 e.